The molecular formula is C20H21F2N3O3. The van der Waals surface area contributed by atoms with Crippen LogP contribution in [0.4, 0.5) is 20.2 Å². The predicted molar refractivity (Wildman–Crippen MR) is 101 cm³/mol. The van der Waals surface area contributed by atoms with Gasteiger partial charge in [-0.3, -0.25) is 14.9 Å². The molecule has 0 radical (unpaired) electrons. The predicted octanol–water partition coefficient (Wildman–Crippen LogP) is 3.75. The van der Waals surface area contributed by atoms with Gasteiger partial charge in [0.2, 0.25) is 5.91 Å². The van der Waals surface area contributed by atoms with E-state index in [4.69, 9.17) is 0 Å². The van der Waals surface area contributed by atoms with Crippen LogP contribution in [-0.2, 0) is 11.3 Å². The first-order chi connectivity index (χ1) is 13.4. The van der Waals surface area contributed by atoms with Crippen molar-refractivity contribution in [3.05, 3.63) is 69.8 Å². The quantitative estimate of drug-likeness (QED) is 0.577. The van der Waals surface area contributed by atoms with Crippen molar-refractivity contribution in [3.63, 3.8) is 0 Å². The van der Waals surface area contributed by atoms with E-state index in [2.05, 4.69) is 0 Å². The summed E-state index contributed by atoms with van der Waals surface area (Å²) in [6.07, 6.45) is 1.11. The maximum absolute atomic E-state index is 13.8. The first kappa shape index (κ1) is 19.7. The monoisotopic (exact) mass is 389 g/mol. The zero-order valence-corrected chi connectivity index (χ0v) is 15.5. The second-order valence-electron chi connectivity index (χ2n) is 6.94. The molecule has 6 nitrogen and oxygen atoms in total. The molecule has 0 N–H and O–H groups in total. The molecule has 28 heavy (non-hydrogen) atoms. The lowest BCUT2D eigenvalue weighted by molar-refractivity contribution is -0.384. The van der Waals surface area contributed by atoms with Gasteiger partial charge in [0.15, 0.2) is 0 Å². The lowest BCUT2D eigenvalue weighted by atomic mass is 9.94. The summed E-state index contributed by atoms with van der Waals surface area (Å²) >= 11 is 0. The molecular weight excluding hydrogens is 368 g/mol. The van der Waals surface area contributed by atoms with E-state index < -0.39 is 16.6 Å². The molecule has 1 aliphatic heterocycles. The number of halogens is 2. The Morgan fingerprint density at radius 1 is 1.21 bits per heavy atom. The van der Waals surface area contributed by atoms with Crippen molar-refractivity contribution in [2.45, 2.75) is 19.4 Å². The number of nitro benzene ring substituents is 1. The van der Waals surface area contributed by atoms with Gasteiger partial charge in [-0.2, -0.15) is 0 Å². The number of carbonyl (C=O) groups is 1. The topological polar surface area (TPSA) is 66.7 Å². The van der Waals surface area contributed by atoms with Crippen LogP contribution in [0.5, 0.6) is 0 Å². The Morgan fingerprint density at radius 2 is 1.89 bits per heavy atom. The highest BCUT2D eigenvalue weighted by Gasteiger charge is 2.29. The van der Waals surface area contributed by atoms with Gasteiger partial charge in [0.25, 0.3) is 5.69 Å². The fourth-order valence-electron chi connectivity index (χ4n) is 3.55. The Bertz CT molecular complexity index is 883. The number of nitrogens with zero attached hydrogens (tertiary/aromatic N) is 3. The number of para-hydroxylation sites is 2. The van der Waals surface area contributed by atoms with Crippen molar-refractivity contribution >= 4 is 17.3 Å². The van der Waals surface area contributed by atoms with Gasteiger partial charge in [-0.05, 0) is 25.0 Å². The van der Waals surface area contributed by atoms with Crippen LogP contribution in [-0.4, -0.2) is 35.9 Å². The van der Waals surface area contributed by atoms with Crippen molar-refractivity contribution in [2.75, 3.05) is 25.0 Å². The molecule has 148 valence electrons. The lowest BCUT2D eigenvalue weighted by Gasteiger charge is -2.34. The minimum absolute atomic E-state index is 0.0520. The van der Waals surface area contributed by atoms with Crippen LogP contribution in [0.3, 0.4) is 0 Å². The zero-order valence-electron chi connectivity index (χ0n) is 15.5. The Balaban J connectivity index is 1.61. The normalized spacial score (nSPS) is 14.8. The van der Waals surface area contributed by atoms with Crippen LogP contribution < -0.4 is 4.90 Å². The highest BCUT2D eigenvalue weighted by molar-refractivity contribution is 5.79. The van der Waals surface area contributed by atoms with E-state index in [0.29, 0.717) is 31.6 Å². The van der Waals surface area contributed by atoms with Gasteiger partial charge in [0.05, 0.1) is 4.92 Å². The molecule has 0 unspecified atom stereocenters. The number of rotatable bonds is 5. The molecule has 2 aromatic rings. The van der Waals surface area contributed by atoms with Crippen molar-refractivity contribution in [1.82, 2.24) is 4.90 Å². The third-order valence-corrected chi connectivity index (χ3v) is 5.06. The van der Waals surface area contributed by atoms with Gasteiger partial charge in [0.1, 0.15) is 17.3 Å². The summed E-state index contributed by atoms with van der Waals surface area (Å²) in [5, 5.41) is 11.2. The van der Waals surface area contributed by atoms with Crippen LogP contribution in [0, 0.1) is 27.7 Å². The molecule has 0 aromatic heterocycles. The summed E-state index contributed by atoms with van der Waals surface area (Å²) in [6, 6.07) is 9.87. The Kier molecular flexibility index (Phi) is 5.87. The van der Waals surface area contributed by atoms with Crippen LogP contribution in [0.1, 0.15) is 18.4 Å². The number of anilines is 1. The smallest absolute Gasteiger partial charge is 0.292 e. The number of carbonyl (C=O) groups excluding carboxylic acids is 1. The molecule has 3 rings (SSSR count). The number of hydrogen-bond donors (Lipinski definition) is 0. The van der Waals surface area contributed by atoms with Crippen molar-refractivity contribution in [2.24, 2.45) is 5.92 Å². The Morgan fingerprint density at radius 3 is 2.54 bits per heavy atom. The molecule has 2 aromatic carbocycles. The van der Waals surface area contributed by atoms with Gasteiger partial charge in [0, 0.05) is 50.3 Å². The fourth-order valence-corrected chi connectivity index (χ4v) is 3.55. The van der Waals surface area contributed by atoms with E-state index >= 15 is 0 Å². The van der Waals surface area contributed by atoms with Gasteiger partial charge in [-0.1, -0.05) is 18.2 Å². The number of piperidine rings is 1. The van der Waals surface area contributed by atoms with Crippen LogP contribution in [0.2, 0.25) is 0 Å². The second kappa shape index (κ2) is 8.33. The molecule has 1 saturated heterocycles. The number of hydrogen-bond acceptors (Lipinski definition) is 4. The van der Waals surface area contributed by atoms with Crippen LogP contribution in [0.15, 0.2) is 42.5 Å². The first-order valence-electron chi connectivity index (χ1n) is 9.04. The summed E-state index contributed by atoms with van der Waals surface area (Å²) in [4.78, 5) is 26.9. The van der Waals surface area contributed by atoms with Crippen molar-refractivity contribution in [3.8, 4) is 0 Å². The molecule has 1 amide bonds. The first-order valence-corrected chi connectivity index (χ1v) is 9.04. The fraction of sp³-hybridized carbons (Fsp3) is 0.350. The summed E-state index contributed by atoms with van der Waals surface area (Å²) < 4.78 is 26.8. The lowest BCUT2D eigenvalue weighted by Crippen LogP contribution is -2.41. The molecule has 1 aliphatic rings. The van der Waals surface area contributed by atoms with E-state index in [9.17, 15) is 23.7 Å². The molecule has 0 atom stereocenters. The minimum Gasteiger partial charge on any atom is -0.366 e. The molecule has 0 bridgehead atoms. The zero-order chi connectivity index (χ0) is 20.3. The van der Waals surface area contributed by atoms with Gasteiger partial charge in [-0.25, -0.2) is 8.78 Å². The third-order valence-electron chi connectivity index (χ3n) is 5.06. The van der Waals surface area contributed by atoms with E-state index in [1.807, 2.05) is 4.90 Å². The SMILES string of the molecule is CN(Cc1ccc(F)cc1F)C(=O)C1CCN(c2ccccc2[N+](=O)[O-])CC1. The van der Waals surface area contributed by atoms with Gasteiger partial charge in [-0.15, -0.1) is 0 Å². The van der Waals surface area contributed by atoms with E-state index in [1.165, 1.54) is 23.1 Å². The Labute approximate surface area is 161 Å². The summed E-state index contributed by atoms with van der Waals surface area (Å²) in [7, 11) is 1.60. The standard InChI is InChI=1S/C20H21F2N3O3/c1-23(13-15-6-7-16(21)12-17(15)22)20(26)14-8-10-24(11-9-14)18-4-2-3-5-19(18)25(27)28/h2-7,12,14H,8-11,13H2,1H3. The molecule has 1 heterocycles. The highest BCUT2D eigenvalue weighted by atomic mass is 19.1. The minimum atomic E-state index is -0.675. The maximum atomic E-state index is 13.8. The highest BCUT2D eigenvalue weighted by Crippen LogP contribution is 2.31. The second-order valence-corrected chi connectivity index (χ2v) is 6.94. The van der Waals surface area contributed by atoms with Crippen molar-refractivity contribution < 1.29 is 18.5 Å². The summed E-state index contributed by atoms with van der Waals surface area (Å²) in [5.74, 6) is -1.66. The van der Waals surface area contributed by atoms with Crippen LogP contribution in [0.25, 0.3) is 0 Å². The van der Waals surface area contributed by atoms with Gasteiger partial charge >= 0.3 is 0 Å². The summed E-state index contributed by atoms with van der Waals surface area (Å²) in [5.41, 5.74) is 0.867. The number of benzene rings is 2. The van der Waals surface area contributed by atoms with Crippen molar-refractivity contribution in [1.29, 1.82) is 0 Å². The molecule has 8 heteroatoms. The largest absolute Gasteiger partial charge is 0.366 e. The average molecular weight is 389 g/mol. The van der Waals surface area contributed by atoms with Gasteiger partial charge < -0.3 is 9.80 Å². The maximum Gasteiger partial charge on any atom is 0.292 e. The Hall–Kier alpha value is -3.03. The number of nitro groups is 1. The van der Waals surface area contributed by atoms with E-state index in [-0.39, 0.29) is 29.6 Å². The molecule has 0 spiro atoms. The van der Waals surface area contributed by atoms with E-state index in [1.54, 1.807) is 25.2 Å². The average Bonchev–Trinajstić information content (AvgIpc) is 2.69. The van der Waals surface area contributed by atoms with E-state index in [0.717, 1.165) is 6.07 Å². The number of amides is 1. The molecule has 0 aliphatic carbocycles. The molecule has 0 saturated carbocycles. The summed E-state index contributed by atoms with van der Waals surface area (Å²) in [6.45, 7) is 1.12. The third kappa shape index (κ3) is 4.27. The van der Waals surface area contributed by atoms with Crippen LogP contribution >= 0.6 is 0 Å². The molecule has 1 fully saturated rings.